The minimum Gasteiger partial charge on any atom is -0.454 e. The van der Waals surface area contributed by atoms with E-state index in [9.17, 15) is 4.79 Å². The number of benzene rings is 1. The van der Waals surface area contributed by atoms with Crippen LogP contribution in [0.3, 0.4) is 0 Å². The van der Waals surface area contributed by atoms with Crippen molar-refractivity contribution in [2.45, 2.75) is 6.92 Å². The van der Waals surface area contributed by atoms with Crippen LogP contribution in [0.15, 0.2) is 48.9 Å². The molecule has 8 heteroatoms. The molecule has 0 atom stereocenters. The van der Waals surface area contributed by atoms with E-state index in [1.54, 1.807) is 36.7 Å². The van der Waals surface area contributed by atoms with Crippen molar-refractivity contribution in [2.24, 2.45) is 0 Å². The summed E-state index contributed by atoms with van der Waals surface area (Å²) in [7, 11) is 0. The van der Waals surface area contributed by atoms with Gasteiger partial charge in [0.05, 0.1) is 11.9 Å². The smallest absolute Gasteiger partial charge is 0.323 e. The van der Waals surface area contributed by atoms with Gasteiger partial charge in [-0.15, -0.1) is 0 Å². The molecule has 0 unspecified atom stereocenters. The van der Waals surface area contributed by atoms with Gasteiger partial charge in [0.1, 0.15) is 11.6 Å². The molecule has 1 aliphatic rings. The molecule has 1 aliphatic heterocycles. The average molecular weight is 337 g/mol. The van der Waals surface area contributed by atoms with Crippen LogP contribution in [-0.4, -0.2) is 27.4 Å². The molecule has 0 saturated heterocycles. The maximum atomic E-state index is 12.1. The fraction of sp³-hybridized carbons (Fsp3) is 0.118. The fourth-order valence-electron chi connectivity index (χ4n) is 2.49. The minimum absolute atomic E-state index is 0.194. The molecule has 2 N–H and O–H groups in total. The van der Waals surface area contributed by atoms with E-state index in [2.05, 4.69) is 20.6 Å². The molecular formula is C17H15N5O3. The summed E-state index contributed by atoms with van der Waals surface area (Å²) in [6, 6.07) is 8.43. The first-order valence-corrected chi connectivity index (χ1v) is 7.63. The van der Waals surface area contributed by atoms with Crippen LogP contribution in [0, 0.1) is 6.92 Å². The Labute approximate surface area is 143 Å². The average Bonchev–Trinajstić information content (AvgIpc) is 3.24. The van der Waals surface area contributed by atoms with Gasteiger partial charge >= 0.3 is 6.03 Å². The van der Waals surface area contributed by atoms with E-state index in [-0.39, 0.29) is 12.8 Å². The maximum absolute atomic E-state index is 12.1. The largest absolute Gasteiger partial charge is 0.454 e. The zero-order valence-electron chi connectivity index (χ0n) is 13.4. The number of pyridine rings is 1. The van der Waals surface area contributed by atoms with Crippen LogP contribution in [0.5, 0.6) is 11.5 Å². The van der Waals surface area contributed by atoms with Crippen molar-refractivity contribution in [3.8, 4) is 17.3 Å². The molecule has 0 saturated carbocycles. The fourth-order valence-corrected chi connectivity index (χ4v) is 2.49. The van der Waals surface area contributed by atoms with Crippen molar-refractivity contribution in [1.82, 2.24) is 14.5 Å². The zero-order valence-corrected chi connectivity index (χ0v) is 13.4. The van der Waals surface area contributed by atoms with Crippen LogP contribution in [0.4, 0.5) is 16.2 Å². The molecule has 0 radical (unpaired) electrons. The van der Waals surface area contributed by atoms with Gasteiger partial charge in [-0.1, -0.05) is 0 Å². The molecule has 0 bridgehead atoms. The Balaban J connectivity index is 1.42. The summed E-state index contributed by atoms with van der Waals surface area (Å²) in [5, 5.41) is 5.48. The van der Waals surface area contributed by atoms with Gasteiger partial charge in [0.25, 0.3) is 0 Å². The highest BCUT2D eigenvalue weighted by molar-refractivity contribution is 5.99. The van der Waals surface area contributed by atoms with Gasteiger partial charge < -0.3 is 20.1 Å². The number of aryl methyl sites for hydroxylation is 1. The highest BCUT2D eigenvalue weighted by Gasteiger charge is 2.14. The third kappa shape index (κ3) is 3.09. The van der Waals surface area contributed by atoms with Gasteiger partial charge in [-0.05, 0) is 31.2 Å². The summed E-state index contributed by atoms with van der Waals surface area (Å²) >= 11 is 0. The lowest BCUT2D eigenvalue weighted by Gasteiger charge is -2.09. The van der Waals surface area contributed by atoms with Crippen molar-refractivity contribution >= 4 is 17.4 Å². The number of rotatable bonds is 3. The van der Waals surface area contributed by atoms with Crippen LogP contribution in [0.1, 0.15) is 5.82 Å². The number of carbonyl (C=O) groups is 1. The van der Waals surface area contributed by atoms with Gasteiger partial charge in [-0.25, -0.2) is 14.8 Å². The molecular weight excluding hydrogens is 322 g/mol. The molecule has 126 valence electrons. The monoisotopic (exact) mass is 337 g/mol. The van der Waals surface area contributed by atoms with E-state index in [1.165, 1.54) is 0 Å². The number of aromatic nitrogens is 3. The van der Waals surface area contributed by atoms with Crippen molar-refractivity contribution in [1.29, 1.82) is 0 Å². The summed E-state index contributed by atoms with van der Waals surface area (Å²) in [5.74, 6) is 2.85. The first kappa shape index (κ1) is 15.0. The molecule has 4 rings (SSSR count). The van der Waals surface area contributed by atoms with Crippen LogP contribution in [-0.2, 0) is 0 Å². The molecule has 2 aromatic heterocycles. The lowest BCUT2D eigenvalue weighted by Crippen LogP contribution is -2.19. The molecule has 0 fully saturated rings. The quantitative estimate of drug-likeness (QED) is 0.767. The highest BCUT2D eigenvalue weighted by Crippen LogP contribution is 2.34. The molecule has 25 heavy (non-hydrogen) atoms. The number of hydrogen-bond acceptors (Lipinski definition) is 5. The van der Waals surface area contributed by atoms with Gasteiger partial charge in [-0.2, -0.15) is 0 Å². The Bertz CT molecular complexity index is 920. The summed E-state index contributed by atoms with van der Waals surface area (Å²) in [5.41, 5.74) is 1.19. The lowest BCUT2D eigenvalue weighted by atomic mass is 10.3. The lowest BCUT2D eigenvalue weighted by molar-refractivity contribution is 0.174. The van der Waals surface area contributed by atoms with E-state index in [0.717, 1.165) is 11.6 Å². The SMILES string of the molecule is Cc1nccn1-c1ccc(NC(=O)Nc2ccc3c(c2)OCO3)cn1. The number of amides is 2. The number of nitrogens with zero attached hydrogens (tertiary/aromatic N) is 3. The Morgan fingerprint density at radius 3 is 2.64 bits per heavy atom. The Morgan fingerprint density at radius 2 is 1.88 bits per heavy atom. The van der Waals surface area contributed by atoms with Crippen molar-refractivity contribution in [3.63, 3.8) is 0 Å². The molecule has 3 aromatic rings. The van der Waals surface area contributed by atoms with E-state index in [0.29, 0.717) is 22.9 Å². The van der Waals surface area contributed by atoms with Gasteiger partial charge in [0.15, 0.2) is 11.5 Å². The molecule has 2 amide bonds. The van der Waals surface area contributed by atoms with E-state index in [1.807, 2.05) is 23.8 Å². The second kappa shape index (κ2) is 6.16. The molecule has 8 nitrogen and oxygen atoms in total. The first-order valence-electron chi connectivity index (χ1n) is 7.63. The predicted octanol–water partition coefficient (Wildman–Crippen LogP) is 2.95. The Morgan fingerprint density at radius 1 is 1.08 bits per heavy atom. The summed E-state index contributed by atoms with van der Waals surface area (Å²) in [6.07, 6.45) is 5.13. The van der Waals surface area contributed by atoms with Crippen LogP contribution >= 0.6 is 0 Å². The molecule has 0 aliphatic carbocycles. The number of imidazole rings is 1. The Hall–Kier alpha value is -3.55. The summed E-state index contributed by atoms with van der Waals surface area (Å²) in [4.78, 5) is 20.6. The molecule has 0 spiro atoms. The topological polar surface area (TPSA) is 90.3 Å². The predicted molar refractivity (Wildman–Crippen MR) is 91.3 cm³/mol. The minimum atomic E-state index is -0.368. The number of carbonyl (C=O) groups excluding carboxylic acids is 1. The van der Waals surface area contributed by atoms with E-state index < -0.39 is 0 Å². The number of hydrogen-bond donors (Lipinski definition) is 2. The van der Waals surface area contributed by atoms with Crippen LogP contribution < -0.4 is 20.1 Å². The second-order valence-electron chi connectivity index (χ2n) is 5.40. The number of fused-ring (bicyclic) bond motifs is 1. The zero-order chi connectivity index (χ0) is 17.2. The Kier molecular flexibility index (Phi) is 3.70. The summed E-state index contributed by atoms with van der Waals surface area (Å²) in [6.45, 7) is 2.09. The third-order valence-corrected chi connectivity index (χ3v) is 3.71. The van der Waals surface area contributed by atoms with E-state index >= 15 is 0 Å². The number of urea groups is 1. The first-order chi connectivity index (χ1) is 12.2. The number of anilines is 2. The van der Waals surface area contributed by atoms with Crippen LogP contribution in [0.2, 0.25) is 0 Å². The van der Waals surface area contributed by atoms with Crippen LogP contribution in [0.25, 0.3) is 5.82 Å². The van der Waals surface area contributed by atoms with Crippen molar-refractivity contribution in [3.05, 3.63) is 54.7 Å². The van der Waals surface area contributed by atoms with Gasteiger partial charge in [0.2, 0.25) is 6.79 Å². The standard InChI is InChI=1S/C17H15N5O3/c1-11-18-6-7-22(11)16-5-3-13(9-19-16)21-17(23)20-12-2-4-14-15(8-12)25-10-24-14/h2-9H,10H2,1H3,(H2,20,21,23). The molecule has 1 aromatic carbocycles. The van der Waals surface area contributed by atoms with Crippen molar-refractivity contribution in [2.75, 3.05) is 17.4 Å². The van der Waals surface area contributed by atoms with Crippen molar-refractivity contribution < 1.29 is 14.3 Å². The van der Waals surface area contributed by atoms with Gasteiger partial charge in [0, 0.05) is 24.1 Å². The molecule has 3 heterocycles. The second-order valence-corrected chi connectivity index (χ2v) is 5.40. The summed E-state index contributed by atoms with van der Waals surface area (Å²) < 4.78 is 12.4. The maximum Gasteiger partial charge on any atom is 0.323 e. The van der Waals surface area contributed by atoms with E-state index in [4.69, 9.17) is 9.47 Å². The number of ether oxygens (including phenoxy) is 2. The highest BCUT2D eigenvalue weighted by atomic mass is 16.7. The number of nitrogens with one attached hydrogen (secondary N) is 2. The van der Waals surface area contributed by atoms with Gasteiger partial charge in [-0.3, -0.25) is 4.57 Å². The third-order valence-electron chi connectivity index (χ3n) is 3.71. The normalized spacial score (nSPS) is 12.0.